The normalized spacial score (nSPS) is 10.3. The average Bonchev–Trinajstić information content (AvgIpc) is 2.36. The number of nitrogens with one attached hydrogen (secondary N) is 2. The van der Waals surface area contributed by atoms with Crippen molar-refractivity contribution in [3.63, 3.8) is 0 Å². The molecule has 1 aromatic rings. The lowest BCUT2D eigenvalue weighted by atomic mass is 10.3. The van der Waals surface area contributed by atoms with Gasteiger partial charge in [0.15, 0.2) is 5.11 Å². The topological polar surface area (TPSA) is 42.5 Å². The summed E-state index contributed by atoms with van der Waals surface area (Å²) in [6.45, 7) is -1.45. The number of methoxy groups -OCH3 is 1. The molecule has 0 aromatic heterocycles. The molecule has 0 fully saturated rings. The van der Waals surface area contributed by atoms with E-state index in [2.05, 4.69) is 15.4 Å². The first-order valence-corrected chi connectivity index (χ1v) is 6.11. The third-order valence-electron chi connectivity index (χ3n) is 2.15. The van der Waals surface area contributed by atoms with Crippen molar-refractivity contribution in [1.82, 2.24) is 5.32 Å². The molecule has 7 heteroatoms. The van der Waals surface area contributed by atoms with Gasteiger partial charge < -0.3 is 20.1 Å². The van der Waals surface area contributed by atoms with Crippen LogP contribution in [0.5, 0.6) is 5.75 Å². The molecule has 0 radical (unpaired) electrons. The van der Waals surface area contributed by atoms with Crippen molar-refractivity contribution < 1.29 is 18.3 Å². The zero-order valence-electron chi connectivity index (χ0n) is 10.5. The second-order valence-corrected chi connectivity index (χ2v) is 4.04. The molecule has 0 aliphatic carbocycles. The Morgan fingerprint density at radius 3 is 2.58 bits per heavy atom. The molecule has 19 heavy (non-hydrogen) atoms. The van der Waals surface area contributed by atoms with Crippen LogP contribution in [0.4, 0.5) is 14.5 Å². The standard InChI is InChI=1S/C12H16F2N2O2S/c1-17-8-2-7-15-12(19)16-9-3-5-10(6-4-9)18-11(13)14/h3-6,11H,2,7-8H2,1H3,(H2,15,16,19). The molecule has 1 rings (SSSR count). The summed E-state index contributed by atoms with van der Waals surface area (Å²) in [7, 11) is 1.64. The van der Waals surface area contributed by atoms with Crippen molar-refractivity contribution in [2.75, 3.05) is 25.6 Å². The van der Waals surface area contributed by atoms with Gasteiger partial charge in [-0.25, -0.2) is 0 Å². The van der Waals surface area contributed by atoms with Crippen LogP contribution in [0.25, 0.3) is 0 Å². The van der Waals surface area contributed by atoms with Gasteiger partial charge in [-0.2, -0.15) is 8.78 Å². The van der Waals surface area contributed by atoms with Crippen LogP contribution in [-0.2, 0) is 4.74 Å². The Morgan fingerprint density at radius 2 is 2.00 bits per heavy atom. The minimum atomic E-state index is -2.82. The van der Waals surface area contributed by atoms with Crippen molar-refractivity contribution in [3.05, 3.63) is 24.3 Å². The molecule has 0 saturated carbocycles. The van der Waals surface area contributed by atoms with E-state index >= 15 is 0 Å². The zero-order chi connectivity index (χ0) is 14.1. The molecule has 0 amide bonds. The first-order chi connectivity index (χ1) is 9.11. The number of anilines is 1. The van der Waals surface area contributed by atoms with Crippen LogP contribution < -0.4 is 15.4 Å². The van der Waals surface area contributed by atoms with Gasteiger partial charge in [0.25, 0.3) is 0 Å². The maximum atomic E-state index is 12.0. The lowest BCUT2D eigenvalue weighted by Crippen LogP contribution is -2.29. The van der Waals surface area contributed by atoms with Crippen LogP contribution in [0.2, 0.25) is 0 Å². The van der Waals surface area contributed by atoms with E-state index in [4.69, 9.17) is 17.0 Å². The van der Waals surface area contributed by atoms with Crippen LogP contribution in [-0.4, -0.2) is 32.0 Å². The van der Waals surface area contributed by atoms with Crippen molar-refractivity contribution in [2.45, 2.75) is 13.0 Å². The number of benzene rings is 1. The smallest absolute Gasteiger partial charge is 0.387 e. The van der Waals surface area contributed by atoms with Crippen LogP contribution >= 0.6 is 12.2 Å². The van der Waals surface area contributed by atoms with Crippen molar-refractivity contribution in [1.29, 1.82) is 0 Å². The lowest BCUT2D eigenvalue weighted by molar-refractivity contribution is -0.0498. The Hall–Kier alpha value is -1.47. The molecule has 0 aliphatic heterocycles. The number of halogens is 2. The van der Waals surface area contributed by atoms with Gasteiger partial charge in [-0.3, -0.25) is 0 Å². The molecule has 0 spiro atoms. The van der Waals surface area contributed by atoms with E-state index in [1.807, 2.05) is 0 Å². The summed E-state index contributed by atoms with van der Waals surface area (Å²) < 4.78 is 33.1. The van der Waals surface area contributed by atoms with Crippen LogP contribution in [0.3, 0.4) is 0 Å². The first-order valence-electron chi connectivity index (χ1n) is 5.70. The van der Waals surface area contributed by atoms with E-state index in [1.165, 1.54) is 12.1 Å². The first kappa shape index (κ1) is 15.6. The van der Waals surface area contributed by atoms with Gasteiger partial charge in [0.2, 0.25) is 0 Å². The minimum absolute atomic E-state index is 0.111. The van der Waals surface area contributed by atoms with E-state index in [1.54, 1.807) is 19.2 Å². The predicted molar refractivity (Wildman–Crippen MR) is 73.8 cm³/mol. The highest BCUT2D eigenvalue weighted by atomic mass is 32.1. The molecular formula is C12H16F2N2O2S. The van der Waals surface area contributed by atoms with Crippen molar-refractivity contribution in [3.8, 4) is 5.75 Å². The fourth-order valence-corrected chi connectivity index (χ4v) is 1.53. The number of alkyl halides is 2. The Bertz CT molecular complexity index is 388. The van der Waals surface area contributed by atoms with E-state index in [0.29, 0.717) is 24.0 Å². The summed E-state index contributed by atoms with van der Waals surface area (Å²) >= 11 is 5.07. The second kappa shape index (κ2) is 8.60. The SMILES string of the molecule is COCCCNC(=S)Nc1ccc(OC(F)F)cc1. The molecule has 4 nitrogen and oxygen atoms in total. The Labute approximate surface area is 116 Å². The van der Waals surface area contributed by atoms with Gasteiger partial charge in [-0.05, 0) is 42.9 Å². The molecular weight excluding hydrogens is 274 g/mol. The highest BCUT2D eigenvalue weighted by molar-refractivity contribution is 7.80. The lowest BCUT2D eigenvalue weighted by Gasteiger charge is -2.11. The second-order valence-electron chi connectivity index (χ2n) is 3.63. The predicted octanol–water partition coefficient (Wildman–Crippen LogP) is 2.61. The van der Waals surface area contributed by atoms with Gasteiger partial charge in [-0.1, -0.05) is 0 Å². The highest BCUT2D eigenvalue weighted by Gasteiger charge is 2.04. The number of hydrogen-bond acceptors (Lipinski definition) is 3. The van der Waals surface area contributed by atoms with E-state index < -0.39 is 6.61 Å². The number of thiocarbonyl (C=S) groups is 1. The van der Waals surface area contributed by atoms with Gasteiger partial charge in [0.05, 0.1) is 0 Å². The monoisotopic (exact) mass is 290 g/mol. The number of hydrogen-bond donors (Lipinski definition) is 2. The highest BCUT2D eigenvalue weighted by Crippen LogP contribution is 2.17. The minimum Gasteiger partial charge on any atom is -0.435 e. The largest absolute Gasteiger partial charge is 0.435 e. The maximum absolute atomic E-state index is 12.0. The average molecular weight is 290 g/mol. The number of rotatable bonds is 7. The third-order valence-corrected chi connectivity index (χ3v) is 2.39. The third kappa shape index (κ3) is 6.88. The summed E-state index contributed by atoms with van der Waals surface area (Å²) in [6.07, 6.45) is 0.847. The molecule has 0 aliphatic rings. The Morgan fingerprint density at radius 1 is 1.32 bits per heavy atom. The van der Waals surface area contributed by atoms with Crippen LogP contribution in [0, 0.1) is 0 Å². The quantitative estimate of drug-likeness (QED) is 0.597. The van der Waals surface area contributed by atoms with Gasteiger partial charge >= 0.3 is 6.61 Å². The number of ether oxygens (including phenoxy) is 2. The molecule has 0 bridgehead atoms. The fourth-order valence-electron chi connectivity index (χ4n) is 1.31. The van der Waals surface area contributed by atoms with Crippen molar-refractivity contribution in [2.24, 2.45) is 0 Å². The van der Waals surface area contributed by atoms with Gasteiger partial charge in [0, 0.05) is 25.9 Å². The molecule has 1 aromatic carbocycles. The Kier molecular flexibility index (Phi) is 7.06. The fraction of sp³-hybridized carbons (Fsp3) is 0.417. The van der Waals surface area contributed by atoms with E-state index in [0.717, 1.165) is 6.42 Å². The van der Waals surface area contributed by atoms with Gasteiger partial charge in [0.1, 0.15) is 5.75 Å². The summed E-state index contributed by atoms with van der Waals surface area (Å²) in [4.78, 5) is 0. The zero-order valence-corrected chi connectivity index (χ0v) is 11.3. The molecule has 2 N–H and O–H groups in total. The molecule has 106 valence electrons. The molecule has 0 heterocycles. The molecule has 0 unspecified atom stereocenters. The summed E-state index contributed by atoms with van der Waals surface area (Å²) in [5.41, 5.74) is 0.700. The maximum Gasteiger partial charge on any atom is 0.387 e. The van der Waals surface area contributed by atoms with E-state index in [9.17, 15) is 8.78 Å². The molecule has 0 saturated heterocycles. The van der Waals surface area contributed by atoms with Crippen LogP contribution in [0.15, 0.2) is 24.3 Å². The summed E-state index contributed by atoms with van der Waals surface area (Å²) in [6, 6.07) is 6.12. The van der Waals surface area contributed by atoms with Crippen molar-refractivity contribution >= 4 is 23.0 Å². The van der Waals surface area contributed by atoms with Crippen LogP contribution in [0.1, 0.15) is 6.42 Å². The molecule has 0 atom stereocenters. The van der Waals surface area contributed by atoms with E-state index in [-0.39, 0.29) is 5.75 Å². The summed E-state index contributed by atoms with van der Waals surface area (Å²) in [5, 5.41) is 6.41. The summed E-state index contributed by atoms with van der Waals surface area (Å²) in [5.74, 6) is 0.111. The Balaban J connectivity index is 2.34. The van der Waals surface area contributed by atoms with Gasteiger partial charge in [-0.15, -0.1) is 0 Å².